The molecule has 6 nitrogen and oxygen atoms in total. The van der Waals surface area contributed by atoms with Crippen molar-refractivity contribution < 1.29 is 14.2 Å². The van der Waals surface area contributed by atoms with E-state index < -0.39 is 0 Å². The molecule has 2 rings (SSSR count). The first-order valence-electron chi connectivity index (χ1n) is 6.15. The number of hydrogen-bond acceptors (Lipinski definition) is 6. The van der Waals surface area contributed by atoms with Crippen molar-refractivity contribution in [1.29, 1.82) is 0 Å². The standard InChI is InChI=1S/C14H16IN3O3/c1-16-14-9(15)7-17-13(18-14)8-5-11(20-3)12(21-4)6-10(8)19-2/h5-7H,1-4H3,(H,16,17,18). The van der Waals surface area contributed by atoms with E-state index in [9.17, 15) is 0 Å². The molecule has 0 spiro atoms. The Morgan fingerprint density at radius 3 is 2.19 bits per heavy atom. The van der Waals surface area contributed by atoms with E-state index >= 15 is 0 Å². The Morgan fingerprint density at radius 1 is 1.00 bits per heavy atom. The van der Waals surface area contributed by atoms with Crippen molar-refractivity contribution in [2.45, 2.75) is 0 Å². The summed E-state index contributed by atoms with van der Waals surface area (Å²) in [5, 5.41) is 3.04. The van der Waals surface area contributed by atoms with Gasteiger partial charge in [-0.3, -0.25) is 0 Å². The van der Waals surface area contributed by atoms with Crippen LogP contribution in [0.1, 0.15) is 0 Å². The summed E-state index contributed by atoms with van der Waals surface area (Å²) in [6.07, 6.45) is 1.75. The van der Waals surface area contributed by atoms with Gasteiger partial charge in [-0.25, -0.2) is 9.97 Å². The van der Waals surface area contributed by atoms with Gasteiger partial charge in [0, 0.05) is 19.3 Å². The summed E-state index contributed by atoms with van der Waals surface area (Å²) in [7, 11) is 6.58. The molecule has 2 aromatic rings. The fraction of sp³-hybridized carbons (Fsp3) is 0.286. The fourth-order valence-electron chi connectivity index (χ4n) is 1.88. The number of methoxy groups -OCH3 is 3. The minimum absolute atomic E-state index is 0.553. The number of hydrogen-bond donors (Lipinski definition) is 1. The molecule has 0 amide bonds. The Balaban J connectivity index is 2.61. The minimum atomic E-state index is 0.553. The van der Waals surface area contributed by atoms with Crippen LogP contribution >= 0.6 is 22.6 Å². The van der Waals surface area contributed by atoms with Gasteiger partial charge >= 0.3 is 0 Å². The van der Waals surface area contributed by atoms with Gasteiger partial charge in [0.15, 0.2) is 17.3 Å². The molecule has 0 aliphatic rings. The summed E-state index contributed by atoms with van der Waals surface area (Å²) in [6, 6.07) is 3.56. The molecule has 0 unspecified atom stereocenters. The van der Waals surface area contributed by atoms with E-state index in [4.69, 9.17) is 14.2 Å². The zero-order chi connectivity index (χ0) is 15.4. The molecular formula is C14H16IN3O3. The van der Waals surface area contributed by atoms with Crippen molar-refractivity contribution in [3.05, 3.63) is 21.9 Å². The van der Waals surface area contributed by atoms with Gasteiger partial charge in [0.2, 0.25) is 0 Å². The first-order valence-corrected chi connectivity index (χ1v) is 7.23. The average molecular weight is 401 g/mol. The molecule has 1 aromatic carbocycles. The third-order valence-electron chi connectivity index (χ3n) is 2.93. The molecular weight excluding hydrogens is 385 g/mol. The van der Waals surface area contributed by atoms with Crippen molar-refractivity contribution >= 4 is 28.4 Å². The highest BCUT2D eigenvalue weighted by molar-refractivity contribution is 14.1. The number of nitrogens with one attached hydrogen (secondary N) is 1. The van der Waals surface area contributed by atoms with Crippen LogP contribution in [-0.4, -0.2) is 38.3 Å². The molecule has 21 heavy (non-hydrogen) atoms. The molecule has 0 saturated heterocycles. The van der Waals surface area contributed by atoms with E-state index in [1.54, 1.807) is 39.7 Å². The summed E-state index contributed by atoms with van der Waals surface area (Å²) >= 11 is 2.18. The predicted octanol–water partition coefficient (Wildman–Crippen LogP) is 2.82. The van der Waals surface area contributed by atoms with Gasteiger partial charge in [-0.05, 0) is 28.7 Å². The van der Waals surface area contributed by atoms with Crippen LogP contribution in [0.2, 0.25) is 0 Å². The van der Waals surface area contributed by atoms with E-state index in [1.165, 1.54) is 0 Å². The Morgan fingerprint density at radius 2 is 1.62 bits per heavy atom. The molecule has 1 aromatic heterocycles. The first kappa shape index (κ1) is 15.6. The lowest BCUT2D eigenvalue weighted by atomic mass is 10.1. The highest BCUT2D eigenvalue weighted by atomic mass is 127. The second-order valence-electron chi connectivity index (χ2n) is 4.05. The number of aromatic nitrogens is 2. The van der Waals surface area contributed by atoms with Crippen LogP contribution in [0.25, 0.3) is 11.4 Å². The molecule has 0 saturated carbocycles. The number of ether oxygens (including phenoxy) is 3. The van der Waals surface area contributed by atoms with Crippen LogP contribution in [0.3, 0.4) is 0 Å². The van der Waals surface area contributed by atoms with Crippen molar-refractivity contribution in [2.24, 2.45) is 0 Å². The van der Waals surface area contributed by atoms with E-state index in [0.29, 0.717) is 23.1 Å². The maximum Gasteiger partial charge on any atom is 0.165 e. The minimum Gasteiger partial charge on any atom is -0.496 e. The molecule has 1 heterocycles. The third-order valence-corrected chi connectivity index (χ3v) is 3.72. The fourth-order valence-corrected chi connectivity index (χ4v) is 2.41. The van der Waals surface area contributed by atoms with Crippen molar-refractivity contribution in [1.82, 2.24) is 9.97 Å². The van der Waals surface area contributed by atoms with Gasteiger partial charge in [-0.15, -0.1) is 0 Å². The Bertz CT molecular complexity index is 650. The Labute approximate surface area is 137 Å². The number of nitrogens with zero attached hydrogens (tertiary/aromatic N) is 2. The van der Waals surface area contributed by atoms with Crippen molar-refractivity contribution in [2.75, 3.05) is 33.7 Å². The van der Waals surface area contributed by atoms with Gasteiger partial charge in [0.05, 0.1) is 30.5 Å². The molecule has 0 radical (unpaired) electrons. The van der Waals surface area contributed by atoms with E-state index in [-0.39, 0.29) is 0 Å². The quantitative estimate of drug-likeness (QED) is 0.778. The van der Waals surface area contributed by atoms with Crippen LogP contribution < -0.4 is 19.5 Å². The second-order valence-corrected chi connectivity index (χ2v) is 5.21. The molecule has 0 atom stereocenters. The molecule has 7 heteroatoms. The summed E-state index contributed by atoms with van der Waals surface area (Å²) in [6.45, 7) is 0. The van der Waals surface area contributed by atoms with Gasteiger partial charge in [0.25, 0.3) is 0 Å². The van der Waals surface area contributed by atoms with Gasteiger partial charge in [-0.1, -0.05) is 0 Å². The topological polar surface area (TPSA) is 65.5 Å². The first-order chi connectivity index (χ1) is 10.1. The predicted molar refractivity (Wildman–Crippen MR) is 89.4 cm³/mol. The van der Waals surface area contributed by atoms with E-state index in [2.05, 4.69) is 37.9 Å². The summed E-state index contributed by atoms with van der Waals surface area (Å²) in [4.78, 5) is 8.86. The number of rotatable bonds is 5. The third kappa shape index (κ3) is 3.12. The van der Waals surface area contributed by atoms with Gasteiger partial charge in [0.1, 0.15) is 11.6 Å². The summed E-state index contributed by atoms with van der Waals surface area (Å²) in [5.74, 6) is 3.13. The van der Waals surface area contributed by atoms with E-state index in [0.717, 1.165) is 15.0 Å². The van der Waals surface area contributed by atoms with Crippen molar-refractivity contribution in [3.8, 4) is 28.6 Å². The lowest BCUT2D eigenvalue weighted by molar-refractivity contribution is 0.349. The smallest absolute Gasteiger partial charge is 0.165 e. The van der Waals surface area contributed by atoms with E-state index in [1.807, 2.05) is 7.05 Å². The lowest BCUT2D eigenvalue weighted by Gasteiger charge is -2.14. The number of halogens is 1. The maximum atomic E-state index is 5.41. The van der Waals surface area contributed by atoms with Crippen LogP contribution in [0.4, 0.5) is 5.82 Å². The highest BCUT2D eigenvalue weighted by Gasteiger charge is 2.16. The zero-order valence-electron chi connectivity index (χ0n) is 12.2. The molecule has 0 fully saturated rings. The number of anilines is 1. The zero-order valence-corrected chi connectivity index (χ0v) is 14.4. The van der Waals surface area contributed by atoms with Crippen molar-refractivity contribution in [3.63, 3.8) is 0 Å². The summed E-state index contributed by atoms with van der Waals surface area (Å²) < 4.78 is 16.9. The molecule has 0 bridgehead atoms. The number of benzene rings is 1. The largest absolute Gasteiger partial charge is 0.496 e. The maximum absolute atomic E-state index is 5.41. The van der Waals surface area contributed by atoms with Crippen LogP contribution in [0, 0.1) is 3.57 Å². The normalized spacial score (nSPS) is 10.1. The Hall–Kier alpha value is -1.77. The van der Waals surface area contributed by atoms with Crippen LogP contribution in [-0.2, 0) is 0 Å². The second kappa shape index (κ2) is 6.79. The molecule has 112 valence electrons. The SMILES string of the molecule is CNc1nc(-c2cc(OC)c(OC)cc2OC)ncc1I. The molecule has 1 N–H and O–H groups in total. The molecule has 0 aliphatic heterocycles. The average Bonchev–Trinajstić information content (AvgIpc) is 2.54. The van der Waals surface area contributed by atoms with Gasteiger partial charge in [-0.2, -0.15) is 0 Å². The lowest BCUT2D eigenvalue weighted by Crippen LogP contribution is -2.01. The van der Waals surface area contributed by atoms with Crippen LogP contribution in [0.5, 0.6) is 17.2 Å². The Kier molecular flexibility index (Phi) is 5.05. The van der Waals surface area contributed by atoms with Crippen LogP contribution in [0.15, 0.2) is 18.3 Å². The monoisotopic (exact) mass is 401 g/mol. The van der Waals surface area contributed by atoms with Gasteiger partial charge < -0.3 is 19.5 Å². The molecule has 0 aliphatic carbocycles. The highest BCUT2D eigenvalue weighted by Crippen LogP contribution is 2.39. The summed E-state index contributed by atoms with van der Waals surface area (Å²) in [5.41, 5.74) is 0.739.